The highest BCUT2D eigenvalue weighted by Gasteiger charge is 2.15. The van der Waals surface area contributed by atoms with E-state index in [-0.39, 0.29) is 0 Å². The lowest BCUT2D eigenvalue weighted by Gasteiger charge is -2.14. The fourth-order valence-corrected chi connectivity index (χ4v) is 6.02. The molecule has 230 valence electrons. The van der Waals surface area contributed by atoms with Crippen LogP contribution in [0.3, 0.4) is 0 Å². The molecule has 0 aliphatic carbocycles. The standard InChI is InChI=1S/C45H35N3/c1-32(46-44-38(34-18-7-3-8-19-34)26-15-27-39(44)35-20-9-4-10-21-35)42-30-17-31-43(48-42)33(2)47-45-40(36-22-11-5-12-23-36)28-16-29-41(45)37-24-13-6-14-25-37/h3-31H,1-2H3. The second-order valence-electron chi connectivity index (χ2n) is 11.7. The van der Waals surface area contributed by atoms with Crippen LogP contribution in [0.25, 0.3) is 44.5 Å². The van der Waals surface area contributed by atoms with Crippen molar-refractivity contribution in [2.75, 3.05) is 0 Å². The lowest BCUT2D eigenvalue weighted by Crippen LogP contribution is -2.05. The zero-order valence-corrected chi connectivity index (χ0v) is 27.1. The Bertz CT molecular complexity index is 1950. The molecule has 1 heterocycles. The Hall–Kier alpha value is -6.19. The molecule has 0 bridgehead atoms. The van der Waals surface area contributed by atoms with Crippen LogP contribution in [-0.2, 0) is 0 Å². The molecule has 6 aromatic carbocycles. The van der Waals surface area contributed by atoms with Gasteiger partial charge in [0.2, 0.25) is 0 Å². The largest absolute Gasteiger partial charge is 0.250 e. The number of benzene rings is 6. The number of hydrogen-bond acceptors (Lipinski definition) is 3. The zero-order valence-electron chi connectivity index (χ0n) is 27.1. The lowest BCUT2D eigenvalue weighted by molar-refractivity contribution is 1.24. The van der Waals surface area contributed by atoms with Gasteiger partial charge in [0.05, 0.1) is 34.2 Å². The SMILES string of the molecule is CC(=Nc1c(-c2ccccc2)cccc1-c1ccccc1)c1cccc(C(C)=Nc2c(-c3ccccc3)cccc2-c2ccccc2)n1. The smallest absolute Gasteiger partial charge is 0.0849 e. The highest BCUT2D eigenvalue weighted by atomic mass is 14.8. The Morgan fingerprint density at radius 2 is 0.604 bits per heavy atom. The van der Waals surface area contributed by atoms with Crippen LogP contribution in [0.5, 0.6) is 0 Å². The van der Waals surface area contributed by atoms with Crippen LogP contribution in [-0.4, -0.2) is 16.4 Å². The van der Waals surface area contributed by atoms with Gasteiger partial charge in [0.15, 0.2) is 0 Å². The molecule has 1 aromatic heterocycles. The van der Waals surface area contributed by atoms with E-state index in [4.69, 9.17) is 15.0 Å². The van der Waals surface area contributed by atoms with Crippen LogP contribution in [0, 0.1) is 0 Å². The van der Waals surface area contributed by atoms with Gasteiger partial charge in [-0.3, -0.25) is 9.98 Å². The molecular weight excluding hydrogens is 583 g/mol. The number of rotatable bonds is 8. The van der Waals surface area contributed by atoms with E-state index in [1.54, 1.807) is 0 Å². The molecule has 3 heteroatoms. The molecule has 0 saturated heterocycles. The van der Waals surface area contributed by atoms with Crippen molar-refractivity contribution in [3.63, 3.8) is 0 Å². The second-order valence-corrected chi connectivity index (χ2v) is 11.7. The summed E-state index contributed by atoms with van der Waals surface area (Å²) in [5, 5.41) is 0. The summed E-state index contributed by atoms with van der Waals surface area (Å²) < 4.78 is 0. The van der Waals surface area contributed by atoms with E-state index in [0.717, 1.165) is 78.7 Å². The van der Waals surface area contributed by atoms with Crippen molar-refractivity contribution in [3.8, 4) is 44.5 Å². The van der Waals surface area contributed by atoms with Crippen LogP contribution < -0.4 is 0 Å². The molecule has 0 spiro atoms. The summed E-state index contributed by atoms with van der Waals surface area (Å²) in [4.78, 5) is 15.7. The van der Waals surface area contributed by atoms with Crippen molar-refractivity contribution in [1.29, 1.82) is 0 Å². The van der Waals surface area contributed by atoms with Gasteiger partial charge >= 0.3 is 0 Å². The van der Waals surface area contributed by atoms with Crippen molar-refractivity contribution in [2.24, 2.45) is 9.98 Å². The number of aliphatic imine (C=N–C) groups is 2. The predicted molar refractivity (Wildman–Crippen MR) is 203 cm³/mol. The van der Waals surface area contributed by atoms with E-state index < -0.39 is 0 Å². The van der Waals surface area contributed by atoms with Gasteiger partial charge in [0.1, 0.15) is 0 Å². The summed E-state index contributed by atoms with van der Waals surface area (Å²) in [5.74, 6) is 0. The first-order chi connectivity index (χ1) is 23.7. The van der Waals surface area contributed by atoms with E-state index in [9.17, 15) is 0 Å². The highest BCUT2D eigenvalue weighted by molar-refractivity contribution is 6.05. The Balaban J connectivity index is 1.33. The molecule has 0 aliphatic rings. The van der Waals surface area contributed by atoms with E-state index in [0.29, 0.717) is 0 Å². The normalized spacial score (nSPS) is 11.8. The Morgan fingerprint density at radius 1 is 0.333 bits per heavy atom. The summed E-state index contributed by atoms with van der Waals surface area (Å²) in [6.45, 7) is 4.07. The molecular formula is C45H35N3. The zero-order chi connectivity index (χ0) is 32.7. The average Bonchev–Trinajstić information content (AvgIpc) is 3.16. The first kappa shape index (κ1) is 30.5. The van der Waals surface area contributed by atoms with E-state index in [1.807, 2.05) is 56.3 Å². The number of nitrogens with zero attached hydrogens (tertiary/aromatic N) is 3. The second kappa shape index (κ2) is 14.1. The monoisotopic (exact) mass is 617 g/mol. The molecule has 0 unspecified atom stereocenters. The van der Waals surface area contributed by atoms with Gasteiger partial charge in [-0.05, 0) is 48.2 Å². The first-order valence-corrected chi connectivity index (χ1v) is 16.2. The third-order valence-corrected chi connectivity index (χ3v) is 8.46. The highest BCUT2D eigenvalue weighted by Crippen LogP contribution is 2.41. The Labute approximate surface area is 282 Å². The summed E-state index contributed by atoms with van der Waals surface area (Å²) >= 11 is 0. The third kappa shape index (κ3) is 6.53. The van der Waals surface area contributed by atoms with E-state index in [1.165, 1.54) is 0 Å². The van der Waals surface area contributed by atoms with Crippen LogP contribution in [0.1, 0.15) is 25.2 Å². The van der Waals surface area contributed by atoms with Gasteiger partial charge in [-0.15, -0.1) is 0 Å². The minimum absolute atomic E-state index is 0.809. The summed E-state index contributed by atoms with van der Waals surface area (Å²) in [5.41, 5.74) is 13.9. The van der Waals surface area contributed by atoms with Crippen molar-refractivity contribution in [2.45, 2.75) is 13.8 Å². The predicted octanol–water partition coefficient (Wildman–Crippen LogP) is 12.0. The molecule has 7 aromatic rings. The fourth-order valence-electron chi connectivity index (χ4n) is 6.02. The molecule has 48 heavy (non-hydrogen) atoms. The number of para-hydroxylation sites is 2. The summed E-state index contributed by atoms with van der Waals surface area (Å²) in [6, 6.07) is 60.6. The first-order valence-electron chi connectivity index (χ1n) is 16.2. The summed E-state index contributed by atoms with van der Waals surface area (Å²) in [7, 11) is 0. The maximum atomic E-state index is 5.29. The van der Waals surface area contributed by atoms with Gasteiger partial charge < -0.3 is 0 Å². The van der Waals surface area contributed by atoms with Gasteiger partial charge in [0, 0.05) is 22.3 Å². The molecule has 0 saturated carbocycles. The molecule has 3 nitrogen and oxygen atoms in total. The third-order valence-electron chi connectivity index (χ3n) is 8.46. The average molecular weight is 618 g/mol. The van der Waals surface area contributed by atoms with Crippen LogP contribution in [0.2, 0.25) is 0 Å². The Kier molecular flexibility index (Phi) is 8.93. The minimum Gasteiger partial charge on any atom is -0.250 e. The minimum atomic E-state index is 0.809. The van der Waals surface area contributed by atoms with Crippen LogP contribution in [0.4, 0.5) is 11.4 Å². The van der Waals surface area contributed by atoms with Crippen molar-refractivity contribution < 1.29 is 0 Å². The number of hydrogen-bond donors (Lipinski definition) is 0. The van der Waals surface area contributed by atoms with Gasteiger partial charge in [-0.25, -0.2) is 4.98 Å². The van der Waals surface area contributed by atoms with Crippen molar-refractivity contribution in [3.05, 3.63) is 187 Å². The maximum Gasteiger partial charge on any atom is 0.0849 e. The van der Waals surface area contributed by atoms with Crippen molar-refractivity contribution in [1.82, 2.24) is 4.98 Å². The lowest BCUT2D eigenvalue weighted by atomic mass is 9.96. The molecule has 0 N–H and O–H groups in total. The molecule has 0 atom stereocenters. The van der Waals surface area contributed by atoms with Crippen LogP contribution in [0.15, 0.2) is 186 Å². The topological polar surface area (TPSA) is 37.6 Å². The van der Waals surface area contributed by atoms with Gasteiger partial charge in [0.25, 0.3) is 0 Å². The molecule has 0 aliphatic heterocycles. The van der Waals surface area contributed by atoms with Crippen LogP contribution >= 0.6 is 0 Å². The van der Waals surface area contributed by atoms with E-state index >= 15 is 0 Å². The molecule has 7 rings (SSSR count). The van der Waals surface area contributed by atoms with Crippen molar-refractivity contribution >= 4 is 22.8 Å². The number of pyridine rings is 1. The quantitative estimate of drug-likeness (QED) is 0.156. The number of aromatic nitrogens is 1. The molecule has 0 fully saturated rings. The van der Waals surface area contributed by atoms with Gasteiger partial charge in [-0.1, -0.05) is 164 Å². The van der Waals surface area contributed by atoms with Gasteiger partial charge in [-0.2, -0.15) is 0 Å². The molecule has 0 amide bonds. The van der Waals surface area contributed by atoms with E-state index in [2.05, 4.69) is 133 Å². The summed E-state index contributed by atoms with van der Waals surface area (Å²) in [6.07, 6.45) is 0. The maximum absolute atomic E-state index is 5.29. The Morgan fingerprint density at radius 3 is 0.896 bits per heavy atom. The molecule has 0 radical (unpaired) electrons. The fraction of sp³-hybridized carbons (Fsp3) is 0.0444.